The molecular weight excluding hydrogens is 404 g/mol. The molecular formula is C26H19ClN4. The predicted octanol–water partition coefficient (Wildman–Crippen LogP) is 6.71. The van der Waals surface area contributed by atoms with Crippen LogP contribution in [0.25, 0.3) is 22.2 Å². The third-order valence-corrected chi connectivity index (χ3v) is 6.21. The molecule has 2 N–H and O–H groups in total. The maximum Gasteiger partial charge on any atom is 0.227 e. The molecule has 0 saturated heterocycles. The van der Waals surface area contributed by atoms with E-state index in [2.05, 4.69) is 69.9 Å². The normalized spacial score (nSPS) is 14.8. The van der Waals surface area contributed by atoms with Gasteiger partial charge in [-0.2, -0.15) is 0 Å². The quantitative estimate of drug-likeness (QED) is 0.339. The summed E-state index contributed by atoms with van der Waals surface area (Å²) in [6.07, 6.45) is 4.76. The second-order valence-corrected chi connectivity index (χ2v) is 8.30. The number of aromatic amines is 1. The van der Waals surface area contributed by atoms with Gasteiger partial charge in [-0.25, -0.2) is 9.97 Å². The minimum atomic E-state index is 0.263. The zero-order valence-corrected chi connectivity index (χ0v) is 17.4. The van der Waals surface area contributed by atoms with Crippen LogP contribution in [0.3, 0.4) is 0 Å². The third-order valence-electron chi connectivity index (χ3n) is 5.96. The Morgan fingerprint density at radius 3 is 2.74 bits per heavy atom. The fourth-order valence-corrected chi connectivity index (χ4v) is 4.57. The Morgan fingerprint density at radius 2 is 1.84 bits per heavy atom. The molecule has 0 fully saturated rings. The van der Waals surface area contributed by atoms with Crippen molar-refractivity contribution >= 4 is 34.1 Å². The lowest BCUT2D eigenvalue weighted by Gasteiger charge is -2.27. The van der Waals surface area contributed by atoms with Crippen LogP contribution >= 0.6 is 11.6 Å². The van der Waals surface area contributed by atoms with Crippen molar-refractivity contribution < 1.29 is 0 Å². The van der Waals surface area contributed by atoms with Crippen LogP contribution in [0.2, 0.25) is 5.02 Å². The first kappa shape index (κ1) is 18.2. The molecule has 0 aliphatic heterocycles. The first-order valence-corrected chi connectivity index (χ1v) is 10.7. The molecule has 1 unspecified atom stereocenters. The highest BCUT2D eigenvalue weighted by atomic mass is 35.5. The fourth-order valence-electron chi connectivity index (χ4n) is 4.45. The first-order valence-electron chi connectivity index (χ1n) is 10.3. The monoisotopic (exact) mass is 422 g/mol. The van der Waals surface area contributed by atoms with E-state index < -0.39 is 0 Å². The molecule has 0 bridgehead atoms. The number of fused-ring (bicyclic) bond motifs is 4. The van der Waals surface area contributed by atoms with Crippen LogP contribution in [0.1, 0.15) is 22.6 Å². The van der Waals surface area contributed by atoms with E-state index in [0.717, 1.165) is 44.9 Å². The molecule has 6 rings (SSSR count). The highest BCUT2D eigenvalue weighted by Crippen LogP contribution is 2.42. The van der Waals surface area contributed by atoms with Gasteiger partial charge in [0, 0.05) is 45.5 Å². The number of nitrogens with zero attached hydrogens (tertiary/aromatic N) is 2. The van der Waals surface area contributed by atoms with Gasteiger partial charge in [0.05, 0.1) is 5.69 Å². The summed E-state index contributed by atoms with van der Waals surface area (Å²) in [6, 6.07) is 24.9. The van der Waals surface area contributed by atoms with Gasteiger partial charge < -0.3 is 10.3 Å². The molecule has 3 aromatic carbocycles. The lowest BCUT2D eigenvalue weighted by molar-refractivity contribution is 0.782. The summed E-state index contributed by atoms with van der Waals surface area (Å²) in [4.78, 5) is 12.7. The molecule has 0 spiro atoms. The van der Waals surface area contributed by atoms with E-state index >= 15 is 0 Å². The molecule has 4 nitrogen and oxygen atoms in total. The number of benzene rings is 3. The van der Waals surface area contributed by atoms with Gasteiger partial charge in [0.2, 0.25) is 5.95 Å². The van der Waals surface area contributed by atoms with Gasteiger partial charge in [0.1, 0.15) is 0 Å². The molecule has 1 aliphatic carbocycles. The zero-order chi connectivity index (χ0) is 20.8. The van der Waals surface area contributed by atoms with Crippen molar-refractivity contribution in [2.75, 3.05) is 5.32 Å². The summed E-state index contributed by atoms with van der Waals surface area (Å²) in [5.74, 6) is 0.868. The van der Waals surface area contributed by atoms with E-state index in [1.54, 1.807) is 0 Å². The van der Waals surface area contributed by atoms with Crippen LogP contribution in [-0.4, -0.2) is 15.0 Å². The second kappa shape index (κ2) is 7.25. The van der Waals surface area contributed by atoms with E-state index in [4.69, 9.17) is 16.6 Å². The molecule has 1 aliphatic rings. The number of aromatic nitrogens is 3. The number of halogens is 1. The Kier molecular flexibility index (Phi) is 4.25. The Morgan fingerprint density at radius 1 is 0.968 bits per heavy atom. The molecule has 2 heterocycles. The summed E-state index contributed by atoms with van der Waals surface area (Å²) in [5.41, 5.74) is 7.94. The molecule has 0 saturated carbocycles. The Hall–Kier alpha value is -3.63. The van der Waals surface area contributed by atoms with Crippen LogP contribution < -0.4 is 5.32 Å². The Bertz CT molecular complexity index is 1400. The van der Waals surface area contributed by atoms with Gasteiger partial charge in [0.25, 0.3) is 0 Å². The predicted molar refractivity (Wildman–Crippen MR) is 126 cm³/mol. The highest BCUT2D eigenvalue weighted by molar-refractivity contribution is 6.30. The minimum absolute atomic E-state index is 0.263. The number of anilines is 2. The summed E-state index contributed by atoms with van der Waals surface area (Å²) in [6.45, 7) is 0. The van der Waals surface area contributed by atoms with E-state index in [0.29, 0.717) is 5.95 Å². The van der Waals surface area contributed by atoms with Gasteiger partial charge in [-0.1, -0.05) is 48.0 Å². The smallest absolute Gasteiger partial charge is 0.227 e. The van der Waals surface area contributed by atoms with Crippen molar-refractivity contribution in [3.63, 3.8) is 0 Å². The van der Waals surface area contributed by atoms with Crippen LogP contribution in [0.15, 0.2) is 85.2 Å². The topological polar surface area (TPSA) is 53.6 Å². The molecule has 0 radical (unpaired) electrons. The number of hydrogen-bond donors (Lipinski definition) is 2. The maximum atomic E-state index is 6.11. The number of hydrogen-bond acceptors (Lipinski definition) is 3. The van der Waals surface area contributed by atoms with Crippen LogP contribution in [0.4, 0.5) is 11.6 Å². The van der Waals surface area contributed by atoms with Crippen molar-refractivity contribution in [2.45, 2.75) is 12.3 Å². The van der Waals surface area contributed by atoms with Gasteiger partial charge in [-0.3, -0.25) is 0 Å². The summed E-state index contributed by atoms with van der Waals surface area (Å²) in [7, 11) is 0. The first-order chi connectivity index (χ1) is 15.2. The van der Waals surface area contributed by atoms with Crippen molar-refractivity contribution in [3.8, 4) is 11.3 Å². The molecule has 0 amide bonds. The van der Waals surface area contributed by atoms with E-state index in [1.165, 1.54) is 11.1 Å². The van der Waals surface area contributed by atoms with E-state index in [1.807, 2.05) is 30.6 Å². The summed E-state index contributed by atoms with van der Waals surface area (Å²) >= 11 is 6.11. The molecule has 1 atom stereocenters. The third kappa shape index (κ3) is 3.25. The largest absolute Gasteiger partial charge is 0.361 e. The maximum absolute atomic E-state index is 6.11. The average molecular weight is 423 g/mol. The molecule has 5 aromatic rings. The molecule has 2 aromatic heterocycles. The highest BCUT2D eigenvalue weighted by Gasteiger charge is 2.27. The second-order valence-electron chi connectivity index (χ2n) is 7.87. The Labute approximate surface area is 185 Å². The zero-order valence-electron chi connectivity index (χ0n) is 16.6. The van der Waals surface area contributed by atoms with Crippen molar-refractivity contribution in [1.29, 1.82) is 0 Å². The SMILES string of the molecule is Clc1ccc(C2Cc3cnc(Nc4ccc5[nH]ccc5c4)nc3-c3ccccc32)cc1. The molecule has 5 heteroatoms. The van der Waals surface area contributed by atoms with Gasteiger partial charge >= 0.3 is 0 Å². The number of H-pyrrole nitrogens is 1. The minimum Gasteiger partial charge on any atom is -0.361 e. The Balaban J connectivity index is 1.38. The van der Waals surface area contributed by atoms with Gasteiger partial charge in [-0.05, 0) is 59.5 Å². The van der Waals surface area contributed by atoms with Gasteiger partial charge in [-0.15, -0.1) is 0 Å². The van der Waals surface area contributed by atoms with Crippen molar-refractivity contribution in [2.24, 2.45) is 0 Å². The lowest BCUT2D eigenvalue weighted by Crippen LogP contribution is -2.15. The van der Waals surface area contributed by atoms with E-state index in [9.17, 15) is 0 Å². The standard InChI is InChI=1S/C26H19ClN4/c27-19-7-5-16(6-8-19)23-14-18-15-29-26(31-25(18)22-4-2-1-3-21(22)23)30-20-9-10-24-17(13-20)11-12-28-24/h1-13,15,23,28H,14H2,(H,29,30,31). The van der Waals surface area contributed by atoms with Gasteiger partial charge in [0.15, 0.2) is 0 Å². The van der Waals surface area contributed by atoms with Crippen LogP contribution in [0, 0.1) is 0 Å². The lowest BCUT2D eigenvalue weighted by atomic mass is 9.78. The average Bonchev–Trinajstić information content (AvgIpc) is 3.27. The number of nitrogens with one attached hydrogen (secondary N) is 2. The molecule has 31 heavy (non-hydrogen) atoms. The fraction of sp³-hybridized carbons (Fsp3) is 0.0769. The molecule has 150 valence electrons. The summed E-state index contributed by atoms with van der Waals surface area (Å²) in [5, 5.41) is 5.27. The number of rotatable bonds is 3. The van der Waals surface area contributed by atoms with Crippen molar-refractivity contribution in [1.82, 2.24) is 15.0 Å². The van der Waals surface area contributed by atoms with E-state index in [-0.39, 0.29) is 5.92 Å². The van der Waals surface area contributed by atoms with Crippen molar-refractivity contribution in [3.05, 3.63) is 107 Å². The summed E-state index contributed by atoms with van der Waals surface area (Å²) < 4.78 is 0. The van der Waals surface area contributed by atoms with Crippen LogP contribution in [-0.2, 0) is 6.42 Å². The van der Waals surface area contributed by atoms with Crippen LogP contribution in [0.5, 0.6) is 0 Å².